The van der Waals surface area contributed by atoms with Gasteiger partial charge in [0.1, 0.15) is 0 Å². The average Bonchev–Trinajstić information content (AvgIpc) is 3.31. The van der Waals surface area contributed by atoms with Gasteiger partial charge in [-0.05, 0) is 72.9 Å². The summed E-state index contributed by atoms with van der Waals surface area (Å²) in [4.78, 5) is 15.0. The molecule has 1 amide bonds. The van der Waals surface area contributed by atoms with Crippen LogP contribution in [-0.2, 0) is 16.2 Å². The Morgan fingerprint density at radius 2 is 1.53 bits per heavy atom. The summed E-state index contributed by atoms with van der Waals surface area (Å²) in [5, 5.41) is 13.8. The molecule has 0 radical (unpaired) electrons. The lowest BCUT2D eigenvalue weighted by Crippen LogP contribution is -2.61. The molecule has 1 aliphatic heterocycles. The first-order chi connectivity index (χ1) is 20.2. The van der Waals surface area contributed by atoms with Crippen LogP contribution in [0.2, 0.25) is 10.0 Å². The summed E-state index contributed by atoms with van der Waals surface area (Å²) < 4.78 is 69.0. The summed E-state index contributed by atoms with van der Waals surface area (Å²) in [7, 11) is -4.07. The van der Waals surface area contributed by atoms with Crippen LogP contribution in [0.1, 0.15) is 52.4 Å². The van der Waals surface area contributed by atoms with Crippen molar-refractivity contribution in [3.8, 4) is 0 Å². The van der Waals surface area contributed by atoms with Gasteiger partial charge in [0, 0.05) is 28.7 Å². The van der Waals surface area contributed by atoms with Gasteiger partial charge in [0.15, 0.2) is 0 Å². The third kappa shape index (κ3) is 7.12. The van der Waals surface area contributed by atoms with E-state index in [2.05, 4.69) is 5.32 Å². The van der Waals surface area contributed by atoms with E-state index in [1.54, 1.807) is 24.3 Å². The fraction of sp³-hybridized carbons (Fsp3) is 0.367. The molecule has 1 heterocycles. The Labute approximate surface area is 258 Å². The number of sulfonamides is 1. The number of rotatable bonds is 8. The highest BCUT2D eigenvalue weighted by Gasteiger charge is 2.42. The number of nitrogens with zero attached hydrogens (tertiary/aromatic N) is 2. The molecular weight excluding hydrogens is 626 g/mol. The highest BCUT2D eigenvalue weighted by atomic mass is 35.5. The van der Waals surface area contributed by atoms with E-state index in [4.69, 9.17) is 23.2 Å². The number of benzene rings is 3. The molecule has 1 saturated heterocycles. The lowest BCUT2D eigenvalue weighted by molar-refractivity contribution is -0.137. The average molecular weight is 657 g/mol. The molecule has 2 atom stereocenters. The normalized spacial score (nSPS) is 19.8. The molecule has 43 heavy (non-hydrogen) atoms. The predicted octanol–water partition coefficient (Wildman–Crippen LogP) is 5.90. The molecule has 0 unspecified atom stereocenters. The number of aliphatic hydroxyl groups is 1. The van der Waals surface area contributed by atoms with Crippen LogP contribution in [0.25, 0.3) is 0 Å². The Morgan fingerprint density at radius 1 is 0.977 bits per heavy atom. The summed E-state index contributed by atoms with van der Waals surface area (Å²) in [5.41, 5.74) is 0.0427. The van der Waals surface area contributed by atoms with E-state index in [9.17, 15) is 31.5 Å². The number of nitrogens with one attached hydrogen (secondary N) is 1. The van der Waals surface area contributed by atoms with E-state index in [1.807, 2.05) is 29.2 Å². The number of hydrogen-bond donors (Lipinski definition) is 2. The fourth-order valence-corrected chi connectivity index (χ4v) is 7.23. The molecule has 3 aromatic rings. The van der Waals surface area contributed by atoms with Crippen LogP contribution >= 0.6 is 23.2 Å². The highest BCUT2D eigenvalue weighted by Crippen LogP contribution is 2.39. The SMILES string of the molecule is CS(=O)(=O)N(c1cc(C(=O)N[C@H]2CCC[C@@H]2O)cc(C(F)(F)F)c1)C1CN(C(c2ccc(Cl)cc2)c2ccc(Cl)cc2)C1. The van der Waals surface area contributed by atoms with E-state index in [0.29, 0.717) is 35.4 Å². The minimum atomic E-state index is -4.83. The third-order valence-electron chi connectivity index (χ3n) is 7.87. The number of hydrogen-bond acceptors (Lipinski definition) is 5. The van der Waals surface area contributed by atoms with E-state index in [1.165, 1.54) is 0 Å². The van der Waals surface area contributed by atoms with Gasteiger partial charge in [0.05, 0.1) is 41.7 Å². The standard InChI is InChI=1S/C30H30Cl2F3N3O4S/c1-43(41,42)38(24-14-20(13-21(15-24)30(33,34)35)29(40)36-26-3-2-4-27(26)39)25-16-37(17-25)28(18-5-9-22(31)10-6-18)19-7-11-23(32)12-8-19/h5-15,25-28,39H,2-4,16-17H2,1H3,(H,36,40)/t26-,27-/m0/s1. The molecule has 0 spiro atoms. The van der Waals surface area contributed by atoms with E-state index in [-0.39, 0.29) is 30.4 Å². The smallest absolute Gasteiger partial charge is 0.391 e. The van der Waals surface area contributed by atoms with Crippen molar-refractivity contribution >= 4 is 44.8 Å². The van der Waals surface area contributed by atoms with Gasteiger partial charge in [0.25, 0.3) is 5.91 Å². The Bertz CT molecular complexity index is 1540. The summed E-state index contributed by atoms with van der Waals surface area (Å²) in [6.07, 6.45) is -3.05. The molecule has 1 saturated carbocycles. The second-order valence-electron chi connectivity index (χ2n) is 11.0. The van der Waals surface area contributed by atoms with Crippen molar-refractivity contribution in [2.24, 2.45) is 0 Å². The van der Waals surface area contributed by atoms with Crippen LogP contribution in [0.5, 0.6) is 0 Å². The summed E-state index contributed by atoms with van der Waals surface area (Å²) in [6.45, 7) is 0.407. The molecule has 0 aromatic heterocycles. The van der Waals surface area contributed by atoms with Gasteiger partial charge in [-0.3, -0.25) is 14.0 Å². The molecule has 230 valence electrons. The maximum Gasteiger partial charge on any atom is 0.416 e. The molecule has 2 aliphatic rings. The van der Waals surface area contributed by atoms with Gasteiger partial charge >= 0.3 is 6.18 Å². The molecular formula is C30H30Cl2F3N3O4S. The van der Waals surface area contributed by atoms with Crippen molar-refractivity contribution in [1.29, 1.82) is 0 Å². The van der Waals surface area contributed by atoms with Crippen LogP contribution in [0, 0.1) is 0 Å². The van der Waals surface area contributed by atoms with Crippen LogP contribution in [-0.4, -0.2) is 61.9 Å². The molecule has 3 aromatic carbocycles. The topological polar surface area (TPSA) is 90.0 Å². The number of anilines is 1. The highest BCUT2D eigenvalue weighted by molar-refractivity contribution is 7.92. The van der Waals surface area contributed by atoms with E-state index in [0.717, 1.165) is 33.8 Å². The molecule has 1 aliphatic carbocycles. The third-order valence-corrected chi connectivity index (χ3v) is 9.60. The second-order valence-corrected chi connectivity index (χ2v) is 13.7. The number of carbonyl (C=O) groups excluding carboxylic acids is 1. The first-order valence-electron chi connectivity index (χ1n) is 13.7. The maximum atomic E-state index is 14.0. The Balaban J connectivity index is 1.47. The molecule has 7 nitrogen and oxygen atoms in total. The molecule has 0 bridgehead atoms. The number of aliphatic hydroxyl groups excluding tert-OH is 1. The predicted molar refractivity (Wildman–Crippen MR) is 160 cm³/mol. The number of amides is 1. The lowest BCUT2D eigenvalue weighted by Gasteiger charge is -2.49. The monoisotopic (exact) mass is 655 g/mol. The summed E-state index contributed by atoms with van der Waals surface area (Å²) in [5.74, 6) is -0.812. The summed E-state index contributed by atoms with van der Waals surface area (Å²) >= 11 is 12.2. The minimum Gasteiger partial charge on any atom is -0.391 e. The van der Waals surface area contributed by atoms with Gasteiger partial charge in [0.2, 0.25) is 10.0 Å². The van der Waals surface area contributed by atoms with Crippen LogP contribution in [0.4, 0.5) is 18.9 Å². The van der Waals surface area contributed by atoms with Crippen molar-refractivity contribution < 1.29 is 31.5 Å². The maximum absolute atomic E-state index is 14.0. The van der Waals surface area contributed by atoms with Gasteiger partial charge < -0.3 is 10.4 Å². The largest absolute Gasteiger partial charge is 0.416 e. The number of halogens is 5. The van der Waals surface area contributed by atoms with Gasteiger partial charge in [-0.25, -0.2) is 8.42 Å². The molecule has 2 fully saturated rings. The Hall–Kier alpha value is -2.83. The van der Waals surface area contributed by atoms with Crippen molar-refractivity contribution in [3.63, 3.8) is 0 Å². The minimum absolute atomic E-state index is 0.203. The molecule has 13 heteroatoms. The zero-order chi connectivity index (χ0) is 31.1. The first-order valence-corrected chi connectivity index (χ1v) is 16.3. The van der Waals surface area contributed by atoms with Gasteiger partial charge in [-0.2, -0.15) is 13.2 Å². The Morgan fingerprint density at radius 3 is 2.00 bits per heavy atom. The lowest BCUT2D eigenvalue weighted by atomic mass is 9.93. The Kier molecular flexibility index (Phi) is 9.02. The van der Waals surface area contributed by atoms with Gasteiger partial charge in [-0.15, -0.1) is 0 Å². The first kappa shape index (κ1) is 31.6. The summed E-state index contributed by atoms with van der Waals surface area (Å²) in [6, 6.07) is 15.5. The van der Waals surface area contributed by atoms with Crippen LogP contribution in [0.3, 0.4) is 0 Å². The number of likely N-dealkylation sites (tertiary alicyclic amines) is 1. The van der Waals surface area contributed by atoms with E-state index < -0.39 is 45.9 Å². The number of carbonyl (C=O) groups is 1. The van der Waals surface area contributed by atoms with Crippen molar-refractivity contribution in [2.45, 2.75) is 49.7 Å². The molecule has 2 N–H and O–H groups in total. The zero-order valence-corrected chi connectivity index (χ0v) is 25.4. The van der Waals surface area contributed by atoms with Crippen LogP contribution < -0.4 is 9.62 Å². The zero-order valence-electron chi connectivity index (χ0n) is 23.1. The van der Waals surface area contributed by atoms with Crippen molar-refractivity contribution in [3.05, 3.63) is 99.0 Å². The van der Waals surface area contributed by atoms with Gasteiger partial charge in [-0.1, -0.05) is 47.5 Å². The molecule has 5 rings (SSSR count). The quantitative estimate of drug-likeness (QED) is 0.316. The van der Waals surface area contributed by atoms with Crippen molar-refractivity contribution in [1.82, 2.24) is 10.2 Å². The second kappa shape index (κ2) is 12.3. The number of alkyl halides is 3. The van der Waals surface area contributed by atoms with Crippen molar-refractivity contribution in [2.75, 3.05) is 23.7 Å². The van der Waals surface area contributed by atoms with E-state index >= 15 is 0 Å². The van der Waals surface area contributed by atoms with Crippen LogP contribution in [0.15, 0.2) is 66.7 Å². The fourth-order valence-electron chi connectivity index (χ4n) is 5.82.